The van der Waals surface area contributed by atoms with Gasteiger partial charge in [-0.3, -0.25) is 0 Å². The number of aryl methyl sites for hydroxylation is 1. The first kappa shape index (κ1) is 18.0. The number of furan rings is 1. The van der Waals surface area contributed by atoms with Gasteiger partial charge < -0.3 is 9.15 Å². The van der Waals surface area contributed by atoms with Gasteiger partial charge in [0, 0.05) is 25.6 Å². The second-order valence-electron chi connectivity index (χ2n) is 7.80. The molecule has 25 heavy (non-hydrogen) atoms. The zero-order valence-electron chi connectivity index (χ0n) is 15.7. The first-order valence-electron chi connectivity index (χ1n) is 9.08. The summed E-state index contributed by atoms with van der Waals surface area (Å²) in [5.41, 5.74) is 3.50. The number of nitrogens with zero attached hydrogens (tertiary/aromatic N) is 2. The second-order valence-corrected chi connectivity index (χ2v) is 13.4. The molecule has 0 fully saturated rings. The summed E-state index contributed by atoms with van der Waals surface area (Å²) in [4.78, 5) is 0. The molecule has 0 aliphatic rings. The highest BCUT2D eigenvalue weighted by atomic mass is 28.3. The van der Waals surface area contributed by atoms with E-state index in [1.165, 1.54) is 5.56 Å². The fourth-order valence-corrected chi connectivity index (χ4v) is 3.73. The molecule has 0 spiro atoms. The van der Waals surface area contributed by atoms with Crippen molar-refractivity contribution in [3.63, 3.8) is 0 Å². The van der Waals surface area contributed by atoms with Crippen LogP contribution < -0.4 is 0 Å². The van der Waals surface area contributed by atoms with Crippen molar-refractivity contribution in [2.45, 2.75) is 52.2 Å². The molecule has 134 valence electrons. The van der Waals surface area contributed by atoms with E-state index >= 15 is 0 Å². The van der Waals surface area contributed by atoms with Crippen molar-refractivity contribution in [2.24, 2.45) is 0 Å². The average molecular weight is 357 g/mol. The third-order valence-electron chi connectivity index (χ3n) is 4.33. The van der Waals surface area contributed by atoms with Gasteiger partial charge in [0.05, 0.1) is 18.0 Å². The Morgan fingerprint density at radius 2 is 2.08 bits per heavy atom. The Bertz CT molecular complexity index is 816. The van der Waals surface area contributed by atoms with Gasteiger partial charge in [-0.1, -0.05) is 33.0 Å². The van der Waals surface area contributed by atoms with Gasteiger partial charge in [0.25, 0.3) is 0 Å². The third kappa shape index (κ3) is 4.41. The van der Waals surface area contributed by atoms with Crippen LogP contribution >= 0.6 is 0 Å². The Labute approximate surface area is 150 Å². The molecule has 2 aromatic heterocycles. The molecule has 3 aromatic rings. The number of hydrogen-bond acceptors (Lipinski definition) is 3. The first-order valence-corrected chi connectivity index (χ1v) is 12.8. The summed E-state index contributed by atoms with van der Waals surface area (Å²) in [5, 5.41) is 5.71. The van der Waals surface area contributed by atoms with Crippen LogP contribution in [-0.4, -0.2) is 24.5 Å². The number of ether oxygens (including phenoxy) is 1. The molecular weight excluding hydrogens is 328 g/mol. The minimum Gasteiger partial charge on any atom is -0.464 e. The highest BCUT2D eigenvalue weighted by molar-refractivity contribution is 6.76. The Morgan fingerprint density at radius 1 is 1.24 bits per heavy atom. The number of benzene rings is 1. The van der Waals surface area contributed by atoms with Gasteiger partial charge in [0.15, 0.2) is 0 Å². The summed E-state index contributed by atoms with van der Waals surface area (Å²) >= 11 is 0. The summed E-state index contributed by atoms with van der Waals surface area (Å²) in [6.07, 6.45) is 5.83. The zero-order chi connectivity index (χ0) is 17.9. The van der Waals surface area contributed by atoms with E-state index in [2.05, 4.69) is 43.8 Å². The van der Waals surface area contributed by atoms with Crippen LogP contribution in [0, 0.1) is 0 Å². The highest BCUT2D eigenvalue weighted by Crippen LogP contribution is 2.31. The van der Waals surface area contributed by atoms with Crippen LogP contribution in [0.2, 0.25) is 25.7 Å². The van der Waals surface area contributed by atoms with Crippen molar-refractivity contribution in [3.8, 4) is 11.3 Å². The zero-order valence-corrected chi connectivity index (χ0v) is 16.7. The quantitative estimate of drug-likeness (QED) is 0.392. The Hall–Kier alpha value is -1.85. The average Bonchev–Trinajstić information content (AvgIpc) is 3.20. The number of aromatic nitrogens is 2. The van der Waals surface area contributed by atoms with E-state index < -0.39 is 8.07 Å². The molecule has 0 amide bonds. The molecule has 0 unspecified atom stereocenters. The predicted octanol–water partition coefficient (Wildman–Crippen LogP) is 5.56. The Balaban J connectivity index is 1.90. The summed E-state index contributed by atoms with van der Waals surface area (Å²) in [5.74, 6) is 0.881. The lowest BCUT2D eigenvalue weighted by atomic mass is 10.0. The van der Waals surface area contributed by atoms with Crippen LogP contribution in [0.1, 0.15) is 18.9 Å². The van der Waals surface area contributed by atoms with Crippen LogP contribution in [0.15, 0.2) is 41.1 Å². The molecule has 1 aromatic carbocycles. The van der Waals surface area contributed by atoms with E-state index in [9.17, 15) is 0 Å². The normalized spacial score (nSPS) is 12.2. The molecule has 4 nitrogen and oxygen atoms in total. The van der Waals surface area contributed by atoms with Gasteiger partial charge in [-0.2, -0.15) is 5.10 Å². The van der Waals surface area contributed by atoms with Crippen LogP contribution in [0.4, 0.5) is 0 Å². The minimum absolute atomic E-state index is 0.481. The summed E-state index contributed by atoms with van der Waals surface area (Å²) in [7, 11) is -1.07. The number of fused-ring (bicyclic) bond motifs is 1. The fraction of sp³-hybridized carbons (Fsp3) is 0.450. The molecule has 0 atom stereocenters. The fourth-order valence-electron chi connectivity index (χ4n) is 2.98. The number of rotatable bonds is 8. The molecule has 0 saturated carbocycles. The lowest BCUT2D eigenvalue weighted by Gasteiger charge is -2.15. The van der Waals surface area contributed by atoms with Gasteiger partial charge in [0.1, 0.15) is 12.5 Å². The first-order chi connectivity index (χ1) is 12.0. The highest BCUT2D eigenvalue weighted by Gasteiger charge is 2.15. The van der Waals surface area contributed by atoms with Crippen LogP contribution in [0.3, 0.4) is 0 Å². The molecular formula is C20H28N2O2Si. The van der Waals surface area contributed by atoms with Crippen LogP contribution in [-0.2, 0) is 17.9 Å². The minimum atomic E-state index is -1.07. The van der Waals surface area contributed by atoms with Gasteiger partial charge in [-0.25, -0.2) is 4.68 Å². The van der Waals surface area contributed by atoms with Gasteiger partial charge in [-0.15, -0.1) is 0 Å². The molecule has 2 heterocycles. The van der Waals surface area contributed by atoms with Gasteiger partial charge >= 0.3 is 0 Å². The molecule has 0 saturated heterocycles. The molecule has 5 heteroatoms. The summed E-state index contributed by atoms with van der Waals surface area (Å²) < 4.78 is 13.5. The summed E-state index contributed by atoms with van der Waals surface area (Å²) in [6, 6.07) is 9.56. The van der Waals surface area contributed by atoms with Crippen LogP contribution in [0.25, 0.3) is 22.2 Å². The van der Waals surface area contributed by atoms with E-state index in [0.29, 0.717) is 6.73 Å². The maximum atomic E-state index is 5.92. The third-order valence-corrected chi connectivity index (χ3v) is 6.03. The van der Waals surface area contributed by atoms with Crippen molar-refractivity contribution in [2.75, 3.05) is 6.61 Å². The molecule has 3 rings (SSSR count). The van der Waals surface area contributed by atoms with Crippen molar-refractivity contribution < 1.29 is 9.15 Å². The lowest BCUT2D eigenvalue weighted by Crippen LogP contribution is -2.22. The van der Waals surface area contributed by atoms with Crippen molar-refractivity contribution in [1.82, 2.24) is 9.78 Å². The molecule has 0 radical (unpaired) electrons. The smallest absolute Gasteiger partial charge is 0.140 e. The maximum Gasteiger partial charge on any atom is 0.140 e. The van der Waals surface area contributed by atoms with Gasteiger partial charge in [-0.05, 0) is 42.3 Å². The standard InChI is InChI=1S/C20H28N2O2Si/c1-5-7-16-12-17-14-21-22(15-23-10-11-25(2,3)4)20(17)18(13-16)19-8-6-9-24-19/h6,8-9,12-14H,5,7,10-11,15H2,1-4H3. The Kier molecular flexibility index (Phi) is 5.44. The predicted molar refractivity (Wildman–Crippen MR) is 106 cm³/mol. The molecule has 0 aliphatic heterocycles. The largest absolute Gasteiger partial charge is 0.464 e. The SMILES string of the molecule is CCCc1cc(-c2ccco2)c2c(cnn2COCC[Si](C)(C)C)c1. The second kappa shape index (κ2) is 7.58. The van der Waals surface area contributed by atoms with E-state index in [-0.39, 0.29) is 0 Å². The van der Waals surface area contributed by atoms with E-state index in [1.807, 2.05) is 23.0 Å². The van der Waals surface area contributed by atoms with Gasteiger partial charge in [0.2, 0.25) is 0 Å². The van der Waals surface area contributed by atoms with E-state index in [1.54, 1.807) is 6.26 Å². The van der Waals surface area contributed by atoms with Crippen LogP contribution in [0.5, 0.6) is 0 Å². The van der Waals surface area contributed by atoms with Crippen molar-refractivity contribution >= 4 is 19.0 Å². The Morgan fingerprint density at radius 3 is 2.76 bits per heavy atom. The maximum absolute atomic E-state index is 5.92. The molecule has 0 N–H and O–H groups in total. The summed E-state index contributed by atoms with van der Waals surface area (Å²) in [6.45, 7) is 10.6. The molecule has 0 aliphatic carbocycles. The van der Waals surface area contributed by atoms with Crippen molar-refractivity contribution in [3.05, 3.63) is 42.3 Å². The van der Waals surface area contributed by atoms with E-state index in [0.717, 1.165) is 47.7 Å². The molecule has 0 bridgehead atoms. The van der Waals surface area contributed by atoms with E-state index in [4.69, 9.17) is 9.15 Å². The number of hydrogen-bond donors (Lipinski definition) is 0. The lowest BCUT2D eigenvalue weighted by molar-refractivity contribution is 0.0817. The monoisotopic (exact) mass is 356 g/mol. The van der Waals surface area contributed by atoms with Crippen molar-refractivity contribution in [1.29, 1.82) is 0 Å². The topological polar surface area (TPSA) is 40.2 Å².